The summed E-state index contributed by atoms with van der Waals surface area (Å²) in [5, 5.41) is 6.45. The lowest BCUT2D eigenvalue weighted by Gasteiger charge is -2.31. The summed E-state index contributed by atoms with van der Waals surface area (Å²) in [6.07, 6.45) is 3.39. The molecule has 2 heterocycles. The largest absolute Gasteiger partial charge is 0.325 e. The first kappa shape index (κ1) is 17.6. The Balaban J connectivity index is 1.71. The first-order valence-electron chi connectivity index (χ1n) is 8.20. The molecule has 0 spiro atoms. The van der Waals surface area contributed by atoms with Gasteiger partial charge in [0.05, 0.1) is 22.6 Å². The van der Waals surface area contributed by atoms with Crippen molar-refractivity contribution in [2.45, 2.75) is 18.9 Å². The van der Waals surface area contributed by atoms with E-state index < -0.39 is 0 Å². The Bertz CT molecular complexity index is 764. The number of nitrogens with zero attached hydrogens (tertiary/aromatic N) is 2. The van der Waals surface area contributed by atoms with Crippen molar-refractivity contribution in [1.82, 2.24) is 15.2 Å². The molecule has 1 aromatic carbocycles. The molecule has 1 saturated heterocycles. The van der Waals surface area contributed by atoms with Gasteiger partial charge in [-0.25, -0.2) is 9.18 Å². The number of aromatic nitrogens is 1. The fourth-order valence-electron chi connectivity index (χ4n) is 2.93. The first-order chi connectivity index (χ1) is 12.0. The molecule has 25 heavy (non-hydrogen) atoms. The van der Waals surface area contributed by atoms with E-state index in [1.54, 1.807) is 30.1 Å². The molecule has 2 N–H and O–H groups in total. The highest BCUT2D eigenvalue weighted by Crippen LogP contribution is 2.28. The van der Waals surface area contributed by atoms with Crippen molar-refractivity contribution in [2.75, 3.05) is 25.5 Å². The Morgan fingerprint density at radius 3 is 2.80 bits per heavy atom. The van der Waals surface area contributed by atoms with Crippen LogP contribution in [-0.4, -0.2) is 42.1 Å². The Kier molecular flexibility index (Phi) is 5.50. The van der Waals surface area contributed by atoms with E-state index >= 15 is 0 Å². The van der Waals surface area contributed by atoms with Gasteiger partial charge in [0.1, 0.15) is 5.82 Å². The maximum atomic E-state index is 13.4. The van der Waals surface area contributed by atoms with E-state index in [0.29, 0.717) is 22.0 Å². The Morgan fingerprint density at radius 1 is 1.36 bits per heavy atom. The number of rotatable bonds is 3. The van der Waals surface area contributed by atoms with Crippen LogP contribution in [0.15, 0.2) is 36.5 Å². The van der Waals surface area contributed by atoms with Crippen molar-refractivity contribution in [1.29, 1.82) is 0 Å². The molecule has 0 unspecified atom stereocenters. The van der Waals surface area contributed by atoms with E-state index in [4.69, 9.17) is 11.6 Å². The third kappa shape index (κ3) is 4.27. The number of carbonyl (C=O) groups excluding carboxylic acids is 1. The number of halogens is 2. The van der Waals surface area contributed by atoms with Gasteiger partial charge in [-0.1, -0.05) is 23.7 Å². The molecule has 0 aliphatic carbocycles. The summed E-state index contributed by atoms with van der Waals surface area (Å²) in [7, 11) is 1.79. The molecule has 1 aliphatic heterocycles. The molecule has 2 aromatic rings. The second-order valence-corrected chi connectivity index (χ2v) is 6.49. The van der Waals surface area contributed by atoms with Gasteiger partial charge in [-0.2, -0.15) is 0 Å². The van der Waals surface area contributed by atoms with Gasteiger partial charge in [-0.05, 0) is 44.1 Å². The molecule has 7 heteroatoms. The number of piperidine rings is 1. The summed E-state index contributed by atoms with van der Waals surface area (Å²) in [5.41, 5.74) is 1.58. The first-order valence-corrected chi connectivity index (χ1v) is 8.58. The van der Waals surface area contributed by atoms with E-state index in [-0.39, 0.29) is 17.9 Å². The molecule has 2 amide bonds. The predicted molar refractivity (Wildman–Crippen MR) is 97.3 cm³/mol. The number of hydrogen-bond acceptors (Lipinski definition) is 3. The summed E-state index contributed by atoms with van der Waals surface area (Å²) in [6, 6.07) is 7.73. The maximum absolute atomic E-state index is 13.4. The van der Waals surface area contributed by atoms with Gasteiger partial charge in [0, 0.05) is 18.7 Å². The number of carbonyl (C=O) groups is 1. The Labute approximate surface area is 151 Å². The van der Waals surface area contributed by atoms with Crippen LogP contribution in [0.1, 0.15) is 12.8 Å². The van der Waals surface area contributed by atoms with Crippen molar-refractivity contribution in [3.05, 3.63) is 47.4 Å². The standard InChI is InChI=1S/C18H20ClFN4O/c1-24(15-5-7-21-8-6-15)18(25)23-14-10-16(19)17(22-11-14)12-3-2-4-13(20)9-12/h2-4,9-11,15,21H,5-8H2,1H3,(H,23,25). The second-order valence-electron chi connectivity index (χ2n) is 6.09. The van der Waals surface area contributed by atoms with Gasteiger partial charge >= 0.3 is 6.03 Å². The molecule has 0 radical (unpaired) electrons. The van der Waals surface area contributed by atoms with Crippen LogP contribution in [0.25, 0.3) is 11.3 Å². The van der Waals surface area contributed by atoms with Crippen LogP contribution in [0.2, 0.25) is 5.02 Å². The van der Waals surface area contributed by atoms with Crippen molar-refractivity contribution in [3.8, 4) is 11.3 Å². The minimum absolute atomic E-state index is 0.191. The summed E-state index contributed by atoms with van der Waals surface area (Å²) < 4.78 is 13.4. The molecule has 3 rings (SSSR count). The maximum Gasteiger partial charge on any atom is 0.321 e. The minimum atomic E-state index is -0.351. The predicted octanol–water partition coefficient (Wildman–Crippen LogP) is 3.76. The highest BCUT2D eigenvalue weighted by Gasteiger charge is 2.22. The highest BCUT2D eigenvalue weighted by atomic mass is 35.5. The molecule has 1 fully saturated rings. The number of anilines is 1. The van der Waals surface area contributed by atoms with Crippen molar-refractivity contribution >= 4 is 23.3 Å². The summed E-state index contributed by atoms with van der Waals surface area (Å²) in [4.78, 5) is 18.4. The average Bonchev–Trinajstić information content (AvgIpc) is 2.62. The van der Waals surface area contributed by atoms with Crippen molar-refractivity contribution in [2.24, 2.45) is 0 Å². The van der Waals surface area contributed by atoms with E-state index in [0.717, 1.165) is 25.9 Å². The highest BCUT2D eigenvalue weighted by molar-refractivity contribution is 6.33. The molecule has 5 nitrogen and oxygen atoms in total. The molecular weight excluding hydrogens is 343 g/mol. The zero-order valence-corrected chi connectivity index (χ0v) is 14.7. The molecule has 0 atom stereocenters. The van der Waals surface area contributed by atoms with Crippen LogP contribution in [0.3, 0.4) is 0 Å². The fourth-order valence-corrected chi connectivity index (χ4v) is 3.20. The second kappa shape index (κ2) is 7.80. The van der Waals surface area contributed by atoms with Crippen LogP contribution in [0, 0.1) is 5.82 Å². The summed E-state index contributed by atoms with van der Waals surface area (Å²) in [6.45, 7) is 1.83. The van der Waals surface area contributed by atoms with Gasteiger partial charge in [-0.3, -0.25) is 4.98 Å². The number of nitrogens with one attached hydrogen (secondary N) is 2. The van der Waals surface area contributed by atoms with Gasteiger partial charge in [0.2, 0.25) is 0 Å². The molecule has 132 valence electrons. The van der Waals surface area contributed by atoms with E-state index in [9.17, 15) is 9.18 Å². The van der Waals surface area contributed by atoms with Gasteiger partial charge in [-0.15, -0.1) is 0 Å². The number of hydrogen-bond donors (Lipinski definition) is 2. The van der Waals surface area contributed by atoms with Crippen LogP contribution in [0.4, 0.5) is 14.9 Å². The number of benzene rings is 1. The molecule has 1 aliphatic rings. The van der Waals surface area contributed by atoms with Gasteiger partial charge in [0.25, 0.3) is 0 Å². The van der Waals surface area contributed by atoms with Crippen LogP contribution in [0.5, 0.6) is 0 Å². The fraction of sp³-hybridized carbons (Fsp3) is 0.333. The third-order valence-corrected chi connectivity index (χ3v) is 4.66. The lowest BCUT2D eigenvalue weighted by atomic mass is 10.1. The Hall–Kier alpha value is -2.18. The topological polar surface area (TPSA) is 57.3 Å². The van der Waals surface area contributed by atoms with E-state index in [1.807, 2.05) is 0 Å². The SMILES string of the molecule is CN(C(=O)Nc1cnc(-c2cccc(F)c2)c(Cl)c1)C1CCNCC1. The van der Waals surface area contributed by atoms with Crippen LogP contribution in [-0.2, 0) is 0 Å². The van der Waals surface area contributed by atoms with Crippen LogP contribution < -0.4 is 10.6 Å². The quantitative estimate of drug-likeness (QED) is 0.874. The summed E-state index contributed by atoms with van der Waals surface area (Å²) >= 11 is 6.27. The zero-order chi connectivity index (χ0) is 17.8. The van der Waals surface area contributed by atoms with Crippen molar-refractivity contribution < 1.29 is 9.18 Å². The number of urea groups is 1. The van der Waals surface area contributed by atoms with E-state index in [2.05, 4.69) is 15.6 Å². The normalized spacial score (nSPS) is 15.0. The Morgan fingerprint density at radius 2 is 2.12 bits per heavy atom. The molecule has 0 saturated carbocycles. The lowest BCUT2D eigenvalue weighted by molar-refractivity contribution is 0.189. The van der Waals surface area contributed by atoms with E-state index in [1.165, 1.54) is 18.3 Å². The monoisotopic (exact) mass is 362 g/mol. The molecule has 1 aromatic heterocycles. The third-order valence-electron chi connectivity index (χ3n) is 4.37. The van der Waals surface area contributed by atoms with Crippen LogP contribution >= 0.6 is 11.6 Å². The number of amides is 2. The van der Waals surface area contributed by atoms with Crippen molar-refractivity contribution in [3.63, 3.8) is 0 Å². The smallest absolute Gasteiger partial charge is 0.321 e. The average molecular weight is 363 g/mol. The van der Waals surface area contributed by atoms with Gasteiger partial charge < -0.3 is 15.5 Å². The number of pyridine rings is 1. The van der Waals surface area contributed by atoms with Gasteiger partial charge in [0.15, 0.2) is 0 Å². The minimum Gasteiger partial charge on any atom is -0.325 e. The zero-order valence-electron chi connectivity index (χ0n) is 13.9. The molecular formula is C18H20ClFN4O. The molecule has 0 bridgehead atoms. The lowest BCUT2D eigenvalue weighted by Crippen LogP contribution is -2.45. The summed E-state index contributed by atoms with van der Waals surface area (Å²) in [5.74, 6) is -0.351.